The monoisotopic (exact) mass is 221 g/mol. The number of likely N-dealkylation sites (tertiary alicyclic amines) is 1. The first-order valence-corrected chi connectivity index (χ1v) is 6.30. The molecule has 3 nitrogen and oxygen atoms in total. The molecule has 1 aliphatic carbocycles. The van der Waals surface area contributed by atoms with Crippen molar-refractivity contribution >= 4 is 0 Å². The molecular weight excluding hydrogens is 198 g/mol. The van der Waals surface area contributed by atoms with Crippen LogP contribution in [0.5, 0.6) is 0 Å². The Kier molecular flexibility index (Phi) is 3.25. The van der Waals surface area contributed by atoms with E-state index in [-0.39, 0.29) is 11.6 Å². The average Bonchev–Trinajstić information content (AvgIpc) is 3.05. The number of rotatable bonds is 4. The minimum atomic E-state index is 0.0355. The summed E-state index contributed by atoms with van der Waals surface area (Å²) in [5.74, 6) is 2.74. The summed E-state index contributed by atoms with van der Waals surface area (Å²) in [6.45, 7) is 6.06. The molecule has 1 heterocycles. The zero-order valence-corrected chi connectivity index (χ0v) is 10.4. The second-order valence-corrected chi connectivity index (χ2v) is 5.47. The summed E-state index contributed by atoms with van der Waals surface area (Å²) in [5, 5.41) is 3.53. The lowest BCUT2D eigenvalue weighted by molar-refractivity contribution is 0.240. The van der Waals surface area contributed by atoms with E-state index in [1.54, 1.807) is 0 Å². The largest absolute Gasteiger partial charge is 0.329 e. The smallest absolute Gasteiger partial charge is 0.0663 e. The molecule has 3 unspecified atom stereocenters. The molecule has 2 aliphatic rings. The molecule has 2 rings (SSSR count). The number of hydrogen-bond acceptors (Lipinski definition) is 3. The minimum Gasteiger partial charge on any atom is -0.329 e. The number of nitrogens with zero attached hydrogens (tertiary/aromatic N) is 1. The summed E-state index contributed by atoms with van der Waals surface area (Å²) in [6.07, 6.45) is 9.27. The Labute approximate surface area is 98.8 Å². The number of nitrogens with two attached hydrogens (primary N) is 1. The zero-order valence-electron chi connectivity index (χ0n) is 10.4. The Morgan fingerprint density at radius 1 is 1.62 bits per heavy atom. The van der Waals surface area contributed by atoms with Crippen molar-refractivity contribution in [3.05, 3.63) is 0 Å². The Morgan fingerprint density at radius 2 is 2.31 bits per heavy atom. The van der Waals surface area contributed by atoms with Crippen molar-refractivity contribution in [2.24, 2.45) is 5.73 Å². The fourth-order valence-electron chi connectivity index (χ4n) is 2.96. The van der Waals surface area contributed by atoms with Crippen molar-refractivity contribution in [2.75, 3.05) is 13.1 Å². The highest BCUT2D eigenvalue weighted by Crippen LogP contribution is 2.36. The minimum absolute atomic E-state index is 0.0355. The van der Waals surface area contributed by atoms with Gasteiger partial charge in [-0.25, -0.2) is 0 Å². The molecule has 0 amide bonds. The van der Waals surface area contributed by atoms with Gasteiger partial charge in [0.25, 0.3) is 0 Å². The predicted octanol–water partition coefficient (Wildman–Crippen LogP) is 0.552. The molecule has 16 heavy (non-hydrogen) atoms. The van der Waals surface area contributed by atoms with Gasteiger partial charge in [-0.15, -0.1) is 6.42 Å². The maximum Gasteiger partial charge on any atom is 0.0663 e. The third-order valence-electron chi connectivity index (χ3n) is 3.92. The number of hydrogen-bond donors (Lipinski definition) is 2. The first-order chi connectivity index (χ1) is 7.60. The van der Waals surface area contributed by atoms with Crippen molar-refractivity contribution in [2.45, 2.75) is 56.8 Å². The first kappa shape index (κ1) is 11.9. The highest BCUT2D eigenvalue weighted by molar-refractivity contribution is 5.09. The lowest BCUT2D eigenvalue weighted by atomic mass is 9.95. The molecule has 0 bridgehead atoms. The van der Waals surface area contributed by atoms with Crippen LogP contribution in [0.1, 0.15) is 33.1 Å². The standard InChI is InChI=1S/C13H23N3/c1-4-10(2)15-13(8-14)7-11(3)16(9-13)12-5-6-12/h1,10-12,15H,5-9,14H2,2-3H3. The van der Waals surface area contributed by atoms with Crippen molar-refractivity contribution in [3.63, 3.8) is 0 Å². The van der Waals surface area contributed by atoms with Gasteiger partial charge in [-0.1, -0.05) is 5.92 Å². The molecule has 2 fully saturated rings. The first-order valence-electron chi connectivity index (χ1n) is 6.30. The van der Waals surface area contributed by atoms with Crippen molar-refractivity contribution < 1.29 is 0 Å². The fraction of sp³-hybridized carbons (Fsp3) is 0.846. The van der Waals surface area contributed by atoms with E-state index in [0.29, 0.717) is 12.6 Å². The van der Waals surface area contributed by atoms with Crippen LogP contribution in [-0.4, -0.2) is 41.7 Å². The Balaban J connectivity index is 2.03. The van der Waals surface area contributed by atoms with E-state index in [0.717, 1.165) is 19.0 Å². The van der Waals surface area contributed by atoms with Gasteiger partial charge in [0.2, 0.25) is 0 Å². The van der Waals surface area contributed by atoms with Crippen molar-refractivity contribution in [1.29, 1.82) is 0 Å². The SMILES string of the molecule is C#CC(C)NC1(CN)CC(C)N(C2CC2)C1. The molecule has 0 radical (unpaired) electrons. The molecule has 1 saturated carbocycles. The molecular formula is C13H23N3. The third-order valence-corrected chi connectivity index (χ3v) is 3.92. The summed E-state index contributed by atoms with van der Waals surface area (Å²) in [4.78, 5) is 2.60. The van der Waals surface area contributed by atoms with Gasteiger partial charge in [0.15, 0.2) is 0 Å². The molecule has 1 saturated heterocycles. The molecule has 90 valence electrons. The molecule has 3 atom stereocenters. The van der Waals surface area contributed by atoms with Crippen LogP contribution < -0.4 is 11.1 Å². The second kappa shape index (κ2) is 4.37. The van der Waals surface area contributed by atoms with Crippen molar-refractivity contribution in [3.8, 4) is 12.3 Å². The maximum absolute atomic E-state index is 5.96. The van der Waals surface area contributed by atoms with Crippen LogP contribution in [0.4, 0.5) is 0 Å². The summed E-state index contributed by atoms with van der Waals surface area (Å²) in [5.41, 5.74) is 5.99. The van der Waals surface area contributed by atoms with Gasteiger partial charge in [0.05, 0.1) is 6.04 Å². The van der Waals surface area contributed by atoms with Crippen LogP contribution in [0, 0.1) is 12.3 Å². The van der Waals surface area contributed by atoms with E-state index in [2.05, 4.69) is 23.1 Å². The molecule has 1 aliphatic heterocycles. The summed E-state index contributed by atoms with van der Waals surface area (Å²) < 4.78 is 0. The third kappa shape index (κ3) is 2.24. The number of terminal acetylenes is 1. The summed E-state index contributed by atoms with van der Waals surface area (Å²) in [7, 11) is 0. The van der Waals surface area contributed by atoms with Crippen LogP contribution in [0.3, 0.4) is 0 Å². The van der Waals surface area contributed by atoms with Gasteiger partial charge in [-0.2, -0.15) is 0 Å². The van der Waals surface area contributed by atoms with Crippen LogP contribution in [-0.2, 0) is 0 Å². The van der Waals surface area contributed by atoms with Crippen LogP contribution in [0.15, 0.2) is 0 Å². The fourth-order valence-corrected chi connectivity index (χ4v) is 2.96. The zero-order chi connectivity index (χ0) is 11.8. The summed E-state index contributed by atoms with van der Waals surface area (Å²) >= 11 is 0. The number of nitrogens with one attached hydrogen (secondary N) is 1. The van der Waals surface area contributed by atoms with Crippen molar-refractivity contribution in [1.82, 2.24) is 10.2 Å². The quantitative estimate of drug-likeness (QED) is 0.681. The normalized spacial score (nSPS) is 37.2. The molecule has 3 heteroatoms. The highest BCUT2D eigenvalue weighted by Gasteiger charge is 2.46. The van der Waals surface area contributed by atoms with E-state index < -0.39 is 0 Å². The van der Waals surface area contributed by atoms with Crippen LogP contribution in [0.2, 0.25) is 0 Å². The van der Waals surface area contributed by atoms with Crippen LogP contribution >= 0.6 is 0 Å². The second-order valence-electron chi connectivity index (χ2n) is 5.47. The molecule has 0 aromatic rings. The van der Waals surface area contributed by atoms with E-state index in [9.17, 15) is 0 Å². The lowest BCUT2D eigenvalue weighted by Crippen LogP contribution is -2.56. The van der Waals surface area contributed by atoms with Gasteiger partial charge in [0.1, 0.15) is 0 Å². The van der Waals surface area contributed by atoms with Gasteiger partial charge in [-0.05, 0) is 33.1 Å². The Morgan fingerprint density at radius 3 is 2.81 bits per heavy atom. The van der Waals surface area contributed by atoms with Crippen LogP contribution in [0.25, 0.3) is 0 Å². The van der Waals surface area contributed by atoms with E-state index in [4.69, 9.17) is 12.2 Å². The van der Waals surface area contributed by atoms with E-state index in [1.807, 2.05) is 6.92 Å². The Hall–Kier alpha value is -0.560. The molecule has 0 spiro atoms. The predicted molar refractivity (Wildman–Crippen MR) is 67.0 cm³/mol. The van der Waals surface area contributed by atoms with E-state index >= 15 is 0 Å². The van der Waals surface area contributed by atoms with Gasteiger partial charge in [0, 0.05) is 30.7 Å². The summed E-state index contributed by atoms with van der Waals surface area (Å²) in [6, 6.07) is 1.55. The molecule has 0 aromatic heterocycles. The molecule has 0 aromatic carbocycles. The lowest BCUT2D eigenvalue weighted by Gasteiger charge is -2.31. The molecule has 3 N–H and O–H groups in total. The topological polar surface area (TPSA) is 41.3 Å². The van der Waals surface area contributed by atoms with Gasteiger partial charge >= 0.3 is 0 Å². The van der Waals surface area contributed by atoms with E-state index in [1.165, 1.54) is 12.8 Å². The highest BCUT2D eigenvalue weighted by atomic mass is 15.3. The maximum atomic E-state index is 5.96. The van der Waals surface area contributed by atoms with Gasteiger partial charge in [-0.3, -0.25) is 10.2 Å². The average molecular weight is 221 g/mol. The van der Waals surface area contributed by atoms with Gasteiger partial charge < -0.3 is 5.73 Å². The Bertz CT molecular complexity index is 292.